The van der Waals surface area contributed by atoms with Gasteiger partial charge < -0.3 is 19.1 Å². The zero-order chi connectivity index (χ0) is 21.0. The largest absolute Gasteiger partial charge is 0.493 e. The third-order valence-electron chi connectivity index (χ3n) is 5.47. The van der Waals surface area contributed by atoms with Crippen LogP contribution in [0.1, 0.15) is 23.1 Å². The number of ether oxygens (including phenoxy) is 3. The van der Waals surface area contributed by atoms with Crippen molar-refractivity contribution in [3.8, 4) is 17.2 Å². The van der Waals surface area contributed by atoms with Gasteiger partial charge in [0.25, 0.3) is 0 Å². The van der Waals surface area contributed by atoms with E-state index in [1.165, 1.54) is 6.07 Å². The van der Waals surface area contributed by atoms with E-state index in [1.807, 2.05) is 29.2 Å². The fourth-order valence-corrected chi connectivity index (χ4v) is 3.92. The van der Waals surface area contributed by atoms with Crippen molar-refractivity contribution in [2.24, 2.45) is 5.92 Å². The van der Waals surface area contributed by atoms with Gasteiger partial charge in [0.2, 0.25) is 11.7 Å². The molecule has 3 rings (SSSR count). The minimum atomic E-state index is -0.178. The van der Waals surface area contributed by atoms with Crippen molar-refractivity contribution < 1.29 is 23.4 Å². The van der Waals surface area contributed by atoms with Gasteiger partial charge in [-0.05, 0) is 60.6 Å². The number of hydrogen-bond donors (Lipinski definition) is 0. The van der Waals surface area contributed by atoms with Gasteiger partial charge in [-0.25, -0.2) is 4.39 Å². The second kappa shape index (κ2) is 9.16. The molecule has 1 aliphatic heterocycles. The molecule has 0 aromatic heterocycles. The molecule has 1 aliphatic rings. The number of benzene rings is 2. The van der Waals surface area contributed by atoms with Gasteiger partial charge in [-0.3, -0.25) is 4.79 Å². The molecule has 0 radical (unpaired) electrons. The fourth-order valence-electron chi connectivity index (χ4n) is 3.92. The van der Waals surface area contributed by atoms with Gasteiger partial charge in [0.1, 0.15) is 5.82 Å². The molecule has 0 N–H and O–H groups in total. The van der Waals surface area contributed by atoms with Gasteiger partial charge in [0.15, 0.2) is 11.5 Å². The van der Waals surface area contributed by atoms with Crippen LogP contribution in [0.4, 0.5) is 4.39 Å². The van der Waals surface area contributed by atoms with Crippen LogP contribution in [-0.2, 0) is 17.6 Å². The van der Waals surface area contributed by atoms with Crippen LogP contribution in [-0.4, -0.2) is 45.2 Å². The predicted molar refractivity (Wildman–Crippen MR) is 109 cm³/mol. The molecule has 2 aromatic rings. The smallest absolute Gasteiger partial charge is 0.227 e. The molecule has 29 heavy (non-hydrogen) atoms. The summed E-state index contributed by atoms with van der Waals surface area (Å²) in [6.07, 6.45) is 2.09. The van der Waals surface area contributed by atoms with Crippen molar-refractivity contribution >= 4 is 5.91 Å². The summed E-state index contributed by atoms with van der Waals surface area (Å²) < 4.78 is 29.5. The third-order valence-corrected chi connectivity index (χ3v) is 5.47. The van der Waals surface area contributed by atoms with Crippen LogP contribution in [0.3, 0.4) is 0 Å². The highest BCUT2D eigenvalue weighted by Gasteiger charge is 2.27. The normalized spacial score (nSPS) is 16.0. The molecule has 1 heterocycles. The summed E-state index contributed by atoms with van der Waals surface area (Å²) >= 11 is 0. The monoisotopic (exact) mass is 401 g/mol. The second-order valence-electron chi connectivity index (χ2n) is 7.49. The molecule has 1 fully saturated rings. The number of rotatable bonds is 7. The molecule has 6 heteroatoms. The fraction of sp³-hybridized carbons (Fsp3) is 0.435. The van der Waals surface area contributed by atoms with Crippen LogP contribution in [0.5, 0.6) is 17.2 Å². The molecular formula is C23H28FNO4. The number of carbonyl (C=O) groups is 1. The van der Waals surface area contributed by atoms with E-state index in [0.717, 1.165) is 37.1 Å². The molecule has 1 atom stereocenters. The molecular weight excluding hydrogens is 373 g/mol. The number of halogens is 1. The van der Waals surface area contributed by atoms with E-state index in [-0.39, 0.29) is 18.1 Å². The van der Waals surface area contributed by atoms with Gasteiger partial charge in [-0.1, -0.05) is 12.1 Å². The maximum atomic E-state index is 13.5. The van der Waals surface area contributed by atoms with Crippen LogP contribution in [0.25, 0.3) is 0 Å². The number of hydrogen-bond acceptors (Lipinski definition) is 4. The van der Waals surface area contributed by atoms with E-state index in [0.29, 0.717) is 28.7 Å². The van der Waals surface area contributed by atoms with Gasteiger partial charge >= 0.3 is 0 Å². The first-order valence-corrected chi connectivity index (χ1v) is 9.76. The summed E-state index contributed by atoms with van der Waals surface area (Å²) in [6.45, 7) is 3.24. The average molecular weight is 401 g/mol. The van der Waals surface area contributed by atoms with Gasteiger partial charge in [0.05, 0.1) is 27.8 Å². The molecule has 0 bridgehead atoms. The van der Waals surface area contributed by atoms with E-state index < -0.39 is 0 Å². The Balaban J connectivity index is 1.64. The van der Waals surface area contributed by atoms with E-state index in [9.17, 15) is 9.18 Å². The summed E-state index contributed by atoms with van der Waals surface area (Å²) in [6, 6.07) is 8.88. The number of likely N-dealkylation sites (tertiary alicyclic amines) is 1. The molecule has 5 nitrogen and oxygen atoms in total. The quantitative estimate of drug-likeness (QED) is 0.708. The Morgan fingerprint density at radius 3 is 2.34 bits per heavy atom. The van der Waals surface area contributed by atoms with Crippen molar-refractivity contribution in [1.82, 2.24) is 4.90 Å². The summed E-state index contributed by atoms with van der Waals surface area (Å²) in [4.78, 5) is 14.7. The molecule has 0 aliphatic carbocycles. The summed E-state index contributed by atoms with van der Waals surface area (Å²) in [7, 11) is 4.68. The average Bonchev–Trinajstić information content (AvgIpc) is 3.18. The zero-order valence-corrected chi connectivity index (χ0v) is 17.5. The Morgan fingerprint density at radius 2 is 1.76 bits per heavy atom. The van der Waals surface area contributed by atoms with Crippen LogP contribution >= 0.6 is 0 Å². The van der Waals surface area contributed by atoms with E-state index in [1.54, 1.807) is 28.3 Å². The Labute approximate surface area is 171 Å². The SMILES string of the molecule is COc1cc(CC(=O)N2CCC(Cc3ccc(F)c(C)c3)C2)cc(OC)c1OC. The molecule has 1 amide bonds. The standard InChI is InChI=1S/C23H28FNO4/c1-15-9-16(5-6-19(15)24)10-17-7-8-25(14-17)22(26)13-18-11-20(27-2)23(29-4)21(12-18)28-3/h5-6,9,11-12,17H,7-8,10,13-14H2,1-4H3. The first-order valence-electron chi connectivity index (χ1n) is 9.76. The van der Waals surface area contributed by atoms with E-state index >= 15 is 0 Å². The lowest BCUT2D eigenvalue weighted by atomic mass is 9.97. The Morgan fingerprint density at radius 1 is 1.07 bits per heavy atom. The lowest BCUT2D eigenvalue weighted by molar-refractivity contribution is -0.129. The third kappa shape index (κ3) is 4.81. The maximum absolute atomic E-state index is 13.5. The highest BCUT2D eigenvalue weighted by atomic mass is 19.1. The van der Waals surface area contributed by atoms with Crippen molar-refractivity contribution in [3.05, 3.63) is 52.8 Å². The zero-order valence-electron chi connectivity index (χ0n) is 17.5. The van der Waals surface area contributed by atoms with E-state index in [4.69, 9.17) is 14.2 Å². The lowest BCUT2D eigenvalue weighted by Gasteiger charge is -2.18. The second-order valence-corrected chi connectivity index (χ2v) is 7.49. The molecule has 1 saturated heterocycles. The lowest BCUT2D eigenvalue weighted by Crippen LogP contribution is -2.30. The van der Waals surface area contributed by atoms with Crippen molar-refractivity contribution in [2.45, 2.75) is 26.2 Å². The number of nitrogens with zero attached hydrogens (tertiary/aromatic N) is 1. The van der Waals surface area contributed by atoms with Crippen LogP contribution in [0.2, 0.25) is 0 Å². The van der Waals surface area contributed by atoms with Crippen molar-refractivity contribution in [2.75, 3.05) is 34.4 Å². The number of methoxy groups -OCH3 is 3. The molecule has 1 unspecified atom stereocenters. The van der Waals surface area contributed by atoms with Crippen LogP contribution in [0.15, 0.2) is 30.3 Å². The number of amides is 1. The highest BCUT2D eigenvalue weighted by molar-refractivity contribution is 5.79. The topological polar surface area (TPSA) is 48.0 Å². The Hall–Kier alpha value is -2.76. The van der Waals surface area contributed by atoms with Gasteiger partial charge in [-0.15, -0.1) is 0 Å². The number of aryl methyl sites for hydroxylation is 1. The van der Waals surface area contributed by atoms with Crippen molar-refractivity contribution in [3.63, 3.8) is 0 Å². The first kappa shape index (κ1) is 21.0. The molecule has 0 spiro atoms. The van der Waals surface area contributed by atoms with Gasteiger partial charge in [0, 0.05) is 13.1 Å². The number of carbonyl (C=O) groups excluding carboxylic acids is 1. The summed E-state index contributed by atoms with van der Waals surface area (Å²) in [5.74, 6) is 1.89. The molecule has 2 aromatic carbocycles. The highest BCUT2D eigenvalue weighted by Crippen LogP contribution is 2.38. The minimum absolute atomic E-state index is 0.0806. The first-order chi connectivity index (χ1) is 13.9. The minimum Gasteiger partial charge on any atom is -0.493 e. The maximum Gasteiger partial charge on any atom is 0.227 e. The van der Waals surface area contributed by atoms with Crippen molar-refractivity contribution in [1.29, 1.82) is 0 Å². The Bertz CT molecular complexity index is 858. The Kier molecular flexibility index (Phi) is 6.62. The molecule has 156 valence electrons. The van der Waals surface area contributed by atoms with Crippen LogP contribution in [0, 0.1) is 18.7 Å². The summed E-state index contributed by atoms with van der Waals surface area (Å²) in [5.41, 5.74) is 2.60. The van der Waals surface area contributed by atoms with Gasteiger partial charge in [-0.2, -0.15) is 0 Å². The van der Waals surface area contributed by atoms with E-state index in [2.05, 4.69) is 0 Å². The molecule has 0 saturated carbocycles. The predicted octanol–water partition coefficient (Wildman–Crippen LogP) is 3.79. The summed E-state index contributed by atoms with van der Waals surface area (Å²) in [5, 5.41) is 0. The van der Waals surface area contributed by atoms with Crippen LogP contribution < -0.4 is 14.2 Å².